The van der Waals surface area contributed by atoms with Crippen LogP contribution in [0.1, 0.15) is 181 Å². The molecule has 0 aromatic heterocycles. The molecule has 51 heavy (non-hydrogen) atoms. The third-order valence-electron chi connectivity index (χ3n) is 9.32. The van der Waals surface area contributed by atoms with Gasteiger partial charge in [0.25, 0.3) is 0 Å². The number of carboxylic acids is 1. The highest BCUT2D eigenvalue weighted by Crippen LogP contribution is 2.13. The van der Waals surface area contributed by atoms with E-state index >= 15 is 0 Å². The number of nitrogens with zero attached hydrogens (tertiary/aromatic N) is 1. The summed E-state index contributed by atoms with van der Waals surface area (Å²) in [6.07, 6.45) is 36.6. The highest BCUT2D eigenvalue weighted by molar-refractivity contribution is 5.70. The monoisotopic (exact) mass is 722 g/mol. The molecule has 8 heteroatoms. The number of hydrogen-bond donors (Lipinski definition) is 0. The highest BCUT2D eigenvalue weighted by atomic mass is 16.6. The van der Waals surface area contributed by atoms with E-state index in [1.54, 1.807) is 21.1 Å². The number of ether oxygens (including phenoxy) is 3. The van der Waals surface area contributed by atoms with Crippen LogP contribution in [0.5, 0.6) is 0 Å². The summed E-state index contributed by atoms with van der Waals surface area (Å²) in [7, 11) is 5.38. The number of carbonyl (C=O) groups excluding carboxylic acids is 3. The second-order valence-electron chi connectivity index (χ2n) is 15.2. The molecule has 0 rings (SSSR count). The summed E-state index contributed by atoms with van der Waals surface area (Å²) in [5, 5.41) is 11.6. The lowest BCUT2D eigenvalue weighted by molar-refractivity contribution is -0.889. The Hall–Kier alpha value is -2.19. The largest absolute Gasteiger partial charge is 0.544 e. The van der Waals surface area contributed by atoms with Gasteiger partial charge in [-0.2, -0.15) is 0 Å². The van der Waals surface area contributed by atoms with Gasteiger partial charge >= 0.3 is 11.9 Å². The Kier molecular flexibility index (Phi) is 33.4. The van der Waals surface area contributed by atoms with E-state index in [1.807, 2.05) is 6.08 Å². The molecule has 0 N–H and O–H groups in total. The fourth-order valence-corrected chi connectivity index (χ4v) is 6.02. The standard InChI is InChI=1S/C43H79NO7/c1-6-8-10-12-14-16-17-18-19-20-21-22-23-24-25-26-28-29-31-33-41(45)50-38-39(37-49-36-35-40(43(47)48)44(3,4)5)51-42(46)34-32-30-27-15-13-11-9-7-2/h20-21,27,30,39-40H,6-19,22-26,28-29,31-38H2,1-5H3/b21-20+,30-27+. The van der Waals surface area contributed by atoms with Gasteiger partial charge in [0.15, 0.2) is 6.10 Å². The van der Waals surface area contributed by atoms with Crippen LogP contribution in [0.15, 0.2) is 24.3 Å². The Labute approximate surface area is 313 Å². The second kappa shape index (κ2) is 34.9. The summed E-state index contributed by atoms with van der Waals surface area (Å²) in [5.74, 6) is -1.80. The molecule has 8 nitrogen and oxygen atoms in total. The van der Waals surface area contributed by atoms with E-state index in [0.717, 1.165) is 32.1 Å². The fourth-order valence-electron chi connectivity index (χ4n) is 6.02. The summed E-state index contributed by atoms with van der Waals surface area (Å²) in [4.78, 5) is 36.6. The first kappa shape index (κ1) is 48.8. The molecule has 0 saturated heterocycles. The molecule has 0 aliphatic heterocycles. The van der Waals surface area contributed by atoms with Crippen LogP contribution in [0.25, 0.3) is 0 Å². The Morgan fingerprint density at radius 3 is 1.51 bits per heavy atom. The molecule has 2 unspecified atom stereocenters. The van der Waals surface area contributed by atoms with Crippen LogP contribution < -0.4 is 5.11 Å². The van der Waals surface area contributed by atoms with Crippen molar-refractivity contribution in [1.82, 2.24) is 0 Å². The zero-order valence-electron chi connectivity index (χ0n) is 33.8. The van der Waals surface area contributed by atoms with Gasteiger partial charge in [-0.05, 0) is 51.4 Å². The minimum absolute atomic E-state index is 0.0260. The van der Waals surface area contributed by atoms with Crippen LogP contribution in [-0.4, -0.2) is 75.5 Å². The zero-order valence-corrected chi connectivity index (χ0v) is 33.8. The molecule has 2 atom stereocenters. The number of aliphatic carboxylic acids is 1. The average molecular weight is 722 g/mol. The van der Waals surface area contributed by atoms with Crippen molar-refractivity contribution in [2.75, 3.05) is 41.0 Å². The van der Waals surface area contributed by atoms with E-state index in [4.69, 9.17) is 14.2 Å². The van der Waals surface area contributed by atoms with Crippen LogP contribution in [0.2, 0.25) is 0 Å². The lowest BCUT2D eigenvalue weighted by atomic mass is 10.1. The van der Waals surface area contributed by atoms with Crippen molar-refractivity contribution in [3.05, 3.63) is 24.3 Å². The lowest BCUT2D eigenvalue weighted by Crippen LogP contribution is -2.55. The number of unbranched alkanes of at least 4 members (excludes halogenated alkanes) is 19. The average Bonchev–Trinajstić information content (AvgIpc) is 3.08. The van der Waals surface area contributed by atoms with Gasteiger partial charge in [-0.1, -0.05) is 134 Å². The molecular formula is C43H79NO7. The predicted octanol–water partition coefficient (Wildman–Crippen LogP) is 9.58. The van der Waals surface area contributed by atoms with Crippen molar-refractivity contribution in [2.24, 2.45) is 0 Å². The molecule has 298 valence electrons. The van der Waals surface area contributed by atoms with Gasteiger partial charge in [0, 0.05) is 19.3 Å². The quantitative estimate of drug-likeness (QED) is 0.0273. The maximum Gasteiger partial charge on any atom is 0.306 e. The van der Waals surface area contributed by atoms with Gasteiger partial charge in [-0.3, -0.25) is 9.59 Å². The van der Waals surface area contributed by atoms with Crippen molar-refractivity contribution in [3.63, 3.8) is 0 Å². The van der Waals surface area contributed by atoms with Gasteiger partial charge in [-0.25, -0.2) is 0 Å². The lowest BCUT2D eigenvalue weighted by Gasteiger charge is -2.34. The van der Waals surface area contributed by atoms with E-state index in [9.17, 15) is 19.5 Å². The molecule has 0 aromatic rings. The Bertz CT molecular complexity index is 895. The summed E-state index contributed by atoms with van der Waals surface area (Å²) in [6.45, 7) is 4.57. The van der Waals surface area contributed by atoms with Gasteiger partial charge in [0.2, 0.25) is 0 Å². The van der Waals surface area contributed by atoms with Crippen molar-refractivity contribution in [3.8, 4) is 0 Å². The van der Waals surface area contributed by atoms with E-state index in [2.05, 4.69) is 32.1 Å². The molecule has 0 aromatic carbocycles. The van der Waals surface area contributed by atoms with Crippen molar-refractivity contribution >= 4 is 17.9 Å². The summed E-state index contributed by atoms with van der Waals surface area (Å²) in [5.41, 5.74) is 0. The number of hydrogen-bond acceptors (Lipinski definition) is 7. The first-order chi connectivity index (χ1) is 24.6. The van der Waals surface area contributed by atoms with Crippen molar-refractivity contribution in [2.45, 2.75) is 193 Å². The van der Waals surface area contributed by atoms with Gasteiger partial charge in [0.05, 0.1) is 40.3 Å². The first-order valence-electron chi connectivity index (χ1n) is 20.9. The van der Waals surface area contributed by atoms with Crippen molar-refractivity contribution < 1.29 is 38.2 Å². The van der Waals surface area contributed by atoms with E-state index in [0.29, 0.717) is 12.8 Å². The number of carboxylic acid groups (broad SMARTS) is 1. The maximum absolute atomic E-state index is 12.6. The molecule has 0 fully saturated rings. The molecule has 0 radical (unpaired) electrons. The maximum atomic E-state index is 12.6. The molecule has 0 bridgehead atoms. The summed E-state index contributed by atoms with van der Waals surface area (Å²) in [6, 6.07) is -0.728. The Morgan fingerprint density at radius 1 is 0.569 bits per heavy atom. The normalized spacial score (nSPS) is 13.2. The minimum atomic E-state index is -1.13. The van der Waals surface area contributed by atoms with Gasteiger partial charge in [-0.15, -0.1) is 0 Å². The van der Waals surface area contributed by atoms with E-state index < -0.39 is 18.1 Å². The van der Waals surface area contributed by atoms with Crippen molar-refractivity contribution in [1.29, 1.82) is 0 Å². The minimum Gasteiger partial charge on any atom is -0.544 e. The van der Waals surface area contributed by atoms with Crippen LogP contribution >= 0.6 is 0 Å². The molecule has 0 heterocycles. The number of allylic oxidation sites excluding steroid dienone is 4. The van der Waals surface area contributed by atoms with Crippen LogP contribution in [-0.2, 0) is 28.6 Å². The van der Waals surface area contributed by atoms with Gasteiger partial charge < -0.3 is 28.6 Å². The molecule has 0 aliphatic rings. The zero-order chi connectivity index (χ0) is 37.8. The molecule has 0 amide bonds. The Morgan fingerprint density at radius 2 is 1.02 bits per heavy atom. The fraction of sp³-hybridized carbons (Fsp3) is 0.837. The number of carbonyl (C=O) groups is 3. The molecule has 0 saturated carbocycles. The third kappa shape index (κ3) is 33.4. The number of rotatable bonds is 37. The second-order valence-corrected chi connectivity index (χ2v) is 15.2. The van der Waals surface area contributed by atoms with E-state index in [-0.39, 0.29) is 49.1 Å². The summed E-state index contributed by atoms with van der Waals surface area (Å²) >= 11 is 0. The predicted molar refractivity (Wildman–Crippen MR) is 208 cm³/mol. The SMILES string of the molecule is CCCCCC/C=C/CCC(=O)OC(COCCC(C(=O)[O-])[N+](C)(C)C)COC(=O)CCCCCCCCC/C=C/CCCCCCCCCC. The number of esters is 2. The first-order valence-corrected chi connectivity index (χ1v) is 20.9. The number of quaternary nitrogens is 1. The molecule has 0 spiro atoms. The van der Waals surface area contributed by atoms with E-state index in [1.165, 1.54) is 109 Å². The summed E-state index contributed by atoms with van der Waals surface area (Å²) < 4.78 is 17.0. The van der Waals surface area contributed by atoms with Crippen LogP contribution in [0, 0.1) is 0 Å². The van der Waals surface area contributed by atoms with Gasteiger partial charge in [0.1, 0.15) is 12.6 Å². The third-order valence-corrected chi connectivity index (χ3v) is 9.32. The van der Waals surface area contributed by atoms with Crippen LogP contribution in [0.3, 0.4) is 0 Å². The van der Waals surface area contributed by atoms with Crippen LogP contribution in [0.4, 0.5) is 0 Å². The highest BCUT2D eigenvalue weighted by Gasteiger charge is 2.25. The molecular weight excluding hydrogens is 642 g/mol. The Balaban J connectivity index is 4.25. The smallest absolute Gasteiger partial charge is 0.306 e. The number of likely N-dealkylation sites (N-methyl/N-ethyl adjacent to an activating group) is 1. The topological polar surface area (TPSA) is 102 Å². The molecule has 0 aliphatic carbocycles.